The van der Waals surface area contributed by atoms with Gasteiger partial charge in [-0.3, -0.25) is 9.80 Å². The Labute approximate surface area is 209 Å². The van der Waals surface area contributed by atoms with Crippen molar-refractivity contribution >= 4 is 45.1 Å². The van der Waals surface area contributed by atoms with Crippen LogP contribution >= 0.6 is 11.3 Å². The van der Waals surface area contributed by atoms with Gasteiger partial charge in [0.15, 0.2) is 5.84 Å². The molecule has 8 nitrogen and oxygen atoms in total. The monoisotopic (exact) mass is 493 g/mol. The number of aryl methyl sites for hydroxylation is 1. The van der Waals surface area contributed by atoms with Gasteiger partial charge in [-0.1, -0.05) is 12.6 Å². The molecule has 0 radical (unpaired) electrons. The van der Waals surface area contributed by atoms with Gasteiger partial charge in [0.05, 0.1) is 24.0 Å². The average Bonchev–Trinajstić information content (AvgIpc) is 3.55. The quantitative estimate of drug-likeness (QED) is 0.621. The van der Waals surface area contributed by atoms with Gasteiger partial charge >= 0.3 is 0 Å². The molecule has 184 valence electrons. The van der Waals surface area contributed by atoms with E-state index in [9.17, 15) is 4.79 Å². The van der Waals surface area contributed by atoms with Crippen molar-refractivity contribution in [2.24, 2.45) is 27.7 Å². The summed E-state index contributed by atoms with van der Waals surface area (Å²) < 4.78 is 12.6. The molecule has 2 N–H and O–H groups in total. The second kappa shape index (κ2) is 8.80. The lowest BCUT2D eigenvalue weighted by atomic mass is 9.73. The van der Waals surface area contributed by atoms with Crippen LogP contribution in [0.25, 0.3) is 15.7 Å². The van der Waals surface area contributed by atoms with Gasteiger partial charge < -0.3 is 20.1 Å². The van der Waals surface area contributed by atoms with Crippen LogP contribution in [-0.4, -0.2) is 67.4 Å². The van der Waals surface area contributed by atoms with Gasteiger partial charge in [0.1, 0.15) is 17.8 Å². The first kappa shape index (κ1) is 23.6. The Hall–Kier alpha value is -3.17. The fourth-order valence-corrected chi connectivity index (χ4v) is 7.10. The number of nitrogens with zero attached hydrogens (tertiary/aromatic N) is 4. The van der Waals surface area contributed by atoms with Crippen LogP contribution in [0.4, 0.5) is 0 Å². The smallest absolute Gasteiger partial charge is 0.245 e. The van der Waals surface area contributed by atoms with Crippen molar-refractivity contribution in [2.45, 2.75) is 25.8 Å². The highest BCUT2D eigenvalue weighted by atomic mass is 32.1. The van der Waals surface area contributed by atoms with Crippen molar-refractivity contribution in [2.75, 3.05) is 33.9 Å². The molecule has 35 heavy (non-hydrogen) atoms. The summed E-state index contributed by atoms with van der Waals surface area (Å²) in [6, 6.07) is 6.44. The number of benzene rings is 1. The first-order chi connectivity index (χ1) is 16.8. The molecular formula is C26H31N5O3S. The highest BCUT2D eigenvalue weighted by Gasteiger charge is 2.57. The van der Waals surface area contributed by atoms with Gasteiger partial charge in [-0.15, -0.1) is 11.3 Å². The van der Waals surface area contributed by atoms with E-state index < -0.39 is 5.54 Å². The van der Waals surface area contributed by atoms with Crippen LogP contribution < -0.4 is 10.5 Å². The van der Waals surface area contributed by atoms with E-state index in [4.69, 9.17) is 20.3 Å². The maximum Gasteiger partial charge on any atom is 0.245 e. The number of amidine groups is 1. The van der Waals surface area contributed by atoms with E-state index in [1.165, 1.54) is 12.4 Å². The minimum Gasteiger partial charge on any atom is -0.495 e. The molecule has 9 heteroatoms. The molecule has 4 heterocycles. The predicted molar refractivity (Wildman–Crippen MR) is 141 cm³/mol. The molecule has 3 aliphatic rings. The van der Waals surface area contributed by atoms with E-state index in [1.807, 2.05) is 9.91 Å². The summed E-state index contributed by atoms with van der Waals surface area (Å²) in [5.74, 6) is 1.39. The van der Waals surface area contributed by atoms with Crippen LogP contribution in [0.15, 0.2) is 46.6 Å². The van der Waals surface area contributed by atoms with Crippen molar-refractivity contribution < 1.29 is 14.3 Å². The summed E-state index contributed by atoms with van der Waals surface area (Å²) in [4.78, 5) is 19.7. The third kappa shape index (κ3) is 3.56. The third-order valence-electron chi connectivity index (χ3n) is 7.63. The molecule has 1 amide bonds. The molecule has 3 atom stereocenters. The Morgan fingerprint density at radius 1 is 1.37 bits per heavy atom. The zero-order valence-corrected chi connectivity index (χ0v) is 21.4. The van der Waals surface area contributed by atoms with Crippen molar-refractivity contribution in [3.8, 4) is 5.75 Å². The van der Waals surface area contributed by atoms with Gasteiger partial charge in [-0.25, -0.2) is 4.99 Å². The Kier molecular flexibility index (Phi) is 5.93. The number of hydrogen-bond donors (Lipinski definition) is 1. The minimum absolute atomic E-state index is 0.0320. The van der Waals surface area contributed by atoms with E-state index >= 15 is 0 Å². The van der Waals surface area contributed by atoms with Crippen LogP contribution in [0.2, 0.25) is 0 Å². The van der Waals surface area contributed by atoms with Gasteiger partial charge in [0, 0.05) is 42.5 Å². The Morgan fingerprint density at radius 2 is 2.17 bits per heavy atom. The average molecular weight is 494 g/mol. The zero-order chi connectivity index (χ0) is 24.9. The first-order valence-electron chi connectivity index (χ1n) is 11.7. The summed E-state index contributed by atoms with van der Waals surface area (Å²) in [5.41, 5.74) is 9.12. The molecule has 1 aromatic heterocycles. The van der Waals surface area contributed by atoms with Gasteiger partial charge in [-0.2, -0.15) is 5.10 Å². The molecule has 1 saturated heterocycles. The molecule has 1 aromatic carbocycles. The summed E-state index contributed by atoms with van der Waals surface area (Å²) in [5, 5.41) is 7.89. The number of fused-ring (bicyclic) bond motifs is 2. The number of thiophene rings is 1. The standard InChI is InChI=1S/C26H31N5O3S/c1-6-21(32)30-8-7-17(12-30)26(3)18(13-33-4)22(23-25(27)28-14-29-31(23)26)20-11-16-9-15(2)10-19(34-5)24(16)35-20/h6,9-11,14,17-18H,1,7-8,12-13H2,2-5H3,(H2,27,28,29)/t17-,18?,26?/m0/s1. The van der Waals surface area contributed by atoms with E-state index in [0.717, 1.165) is 44.0 Å². The maximum atomic E-state index is 12.4. The lowest BCUT2D eigenvalue weighted by molar-refractivity contribution is -0.125. The van der Waals surface area contributed by atoms with Crippen molar-refractivity contribution in [1.82, 2.24) is 9.91 Å². The van der Waals surface area contributed by atoms with Crippen LogP contribution in [0.1, 0.15) is 23.8 Å². The summed E-state index contributed by atoms with van der Waals surface area (Å²) in [7, 11) is 3.43. The maximum absolute atomic E-state index is 12.4. The molecule has 3 aliphatic heterocycles. The summed E-state index contributed by atoms with van der Waals surface area (Å²) >= 11 is 1.69. The van der Waals surface area contributed by atoms with Crippen molar-refractivity contribution in [3.63, 3.8) is 0 Å². The molecule has 0 saturated carbocycles. The van der Waals surface area contributed by atoms with Crippen LogP contribution in [0.3, 0.4) is 0 Å². The number of hydrogen-bond acceptors (Lipinski definition) is 8. The minimum atomic E-state index is -0.454. The molecular weight excluding hydrogens is 462 g/mol. The number of carbonyl (C=O) groups is 1. The van der Waals surface area contributed by atoms with Crippen LogP contribution in [0.5, 0.6) is 5.75 Å². The number of ether oxygens (including phenoxy) is 2. The fourth-order valence-electron chi connectivity index (χ4n) is 5.87. The highest BCUT2D eigenvalue weighted by Crippen LogP contribution is 2.55. The number of likely N-dealkylation sites (tertiary alicyclic amines) is 1. The number of hydrazone groups is 1. The summed E-state index contributed by atoms with van der Waals surface area (Å²) in [6.07, 6.45) is 3.76. The fraction of sp³-hybridized carbons (Fsp3) is 0.423. The molecule has 0 spiro atoms. The van der Waals surface area contributed by atoms with Gasteiger partial charge in [0.25, 0.3) is 0 Å². The molecule has 5 rings (SSSR count). The van der Waals surface area contributed by atoms with Crippen molar-refractivity contribution in [1.29, 1.82) is 0 Å². The largest absolute Gasteiger partial charge is 0.495 e. The topological polar surface area (TPSA) is 92.8 Å². The number of nitrogens with two attached hydrogens (primary N) is 1. The van der Waals surface area contributed by atoms with Crippen LogP contribution in [0, 0.1) is 18.8 Å². The molecule has 0 bridgehead atoms. The van der Waals surface area contributed by atoms with Crippen molar-refractivity contribution in [3.05, 3.63) is 47.0 Å². The Balaban J connectivity index is 1.67. The van der Waals surface area contributed by atoms with E-state index in [2.05, 4.69) is 43.6 Å². The van der Waals surface area contributed by atoms with Gasteiger partial charge in [0.2, 0.25) is 5.91 Å². The SMILES string of the molecule is C=CC(=O)N1CC[C@H](C2(C)C(COC)C(c3cc4cc(C)cc(OC)c4s3)=C3C(N)=NC=NN32)C1. The number of methoxy groups -OCH3 is 2. The molecule has 0 aliphatic carbocycles. The van der Waals surface area contributed by atoms with E-state index in [-0.39, 0.29) is 17.7 Å². The third-order valence-corrected chi connectivity index (χ3v) is 8.83. The number of aliphatic imine (C=N–C) groups is 1. The first-order valence-corrected chi connectivity index (χ1v) is 12.5. The lowest BCUT2D eigenvalue weighted by Crippen LogP contribution is -2.53. The molecule has 1 fully saturated rings. The second-order valence-corrected chi connectivity index (χ2v) is 10.6. The van der Waals surface area contributed by atoms with Gasteiger partial charge in [-0.05, 0) is 49.4 Å². The summed E-state index contributed by atoms with van der Waals surface area (Å²) in [6.45, 7) is 9.76. The predicted octanol–water partition coefficient (Wildman–Crippen LogP) is 3.61. The number of rotatable bonds is 6. The Bertz CT molecular complexity index is 1300. The molecule has 2 aromatic rings. The zero-order valence-electron chi connectivity index (χ0n) is 20.6. The molecule has 2 unspecified atom stereocenters. The Morgan fingerprint density at radius 3 is 2.89 bits per heavy atom. The highest BCUT2D eigenvalue weighted by molar-refractivity contribution is 7.20. The number of amides is 1. The second-order valence-electron chi connectivity index (χ2n) is 9.52. The normalized spacial score (nSPS) is 25.9. The van der Waals surface area contributed by atoms with E-state index in [1.54, 1.807) is 25.6 Å². The number of carbonyl (C=O) groups excluding carboxylic acids is 1. The lowest BCUT2D eigenvalue weighted by Gasteiger charge is -2.43. The van der Waals surface area contributed by atoms with Crippen LogP contribution in [-0.2, 0) is 9.53 Å². The van der Waals surface area contributed by atoms with E-state index in [0.29, 0.717) is 25.5 Å².